The second-order valence-corrected chi connectivity index (χ2v) is 6.65. The van der Waals surface area contributed by atoms with Gasteiger partial charge in [-0.3, -0.25) is 9.59 Å². The van der Waals surface area contributed by atoms with Crippen LogP contribution in [0.15, 0.2) is 24.3 Å². The maximum atomic E-state index is 12.6. The van der Waals surface area contributed by atoms with Gasteiger partial charge in [0.2, 0.25) is 5.91 Å². The lowest BCUT2D eigenvalue weighted by Gasteiger charge is -2.23. The van der Waals surface area contributed by atoms with Crippen LogP contribution in [0.2, 0.25) is 0 Å². The molecule has 1 aromatic rings. The summed E-state index contributed by atoms with van der Waals surface area (Å²) >= 11 is 0. The summed E-state index contributed by atoms with van der Waals surface area (Å²) in [5.74, 6) is -1.86. The maximum absolute atomic E-state index is 12.6. The normalized spacial score (nSPS) is 13.1. The Hall–Kier alpha value is -2.41. The molecule has 0 radical (unpaired) electrons. The third kappa shape index (κ3) is 6.84. The van der Waals surface area contributed by atoms with Crippen molar-refractivity contribution in [1.29, 1.82) is 0 Å². The van der Waals surface area contributed by atoms with E-state index in [4.69, 9.17) is 4.74 Å². The molecule has 1 aromatic carbocycles. The molecule has 0 saturated carbocycles. The Morgan fingerprint density at radius 3 is 2.31 bits per heavy atom. The second kappa shape index (κ2) is 10.6. The Kier molecular flexibility index (Phi) is 8.78. The predicted molar refractivity (Wildman–Crippen MR) is 97.9 cm³/mol. The van der Waals surface area contributed by atoms with Gasteiger partial charge in [0.15, 0.2) is 0 Å². The summed E-state index contributed by atoms with van der Waals surface area (Å²) in [4.78, 5) is 36.4. The van der Waals surface area contributed by atoms with Crippen LogP contribution in [0.3, 0.4) is 0 Å². The molecule has 2 atom stereocenters. The van der Waals surface area contributed by atoms with Gasteiger partial charge < -0.3 is 20.5 Å². The molecule has 2 unspecified atom stereocenters. The zero-order chi connectivity index (χ0) is 19.7. The molecule has 0 spiro atoms. The minimum absolute atomic E-state index is 0.144. The van der Waals surface area contributed by atoms with E-state index >= 15 is 0 Å². The molecule has 26 heavy (non-hydrogen) atoms. The van der Waals surface area contributed by atoms with E-state index in [0.29, 0.717) is 12.0 Å². The van der Waals surface area contributed by atoms with Gasteiger partial charge in [0.25, 0.3) is 5.91 Å². The number of methoxy groups -OCH3 is 1. The van der Waals surface area contributed by atoms with Gasteiger partial charge in [0.05, 0.1) is 0 Å². The summed E-state index contributed by atoms with van der Waals surface area (Å²) in [6.07, 6.45) is 0.553. The molecule has 0 aliphatic heterocycles. The Morgan fingerprint density at radius 1 is 1.12 bits per heavy atom. The summed E-state index contributed by atoms with van der Waals surface area (Å²) < 4.78 is 4.88. The fraction of sp³-hybridized carbons (Fsp3) is 0.526. The fourth-order valence-corrected chi connectivity index (χ4v) is 2.53. The Bertz CT molecular complexity index is 630. The highest BCUT2D eigenvalue weighted by Gasteiger charge is 2.27. The topological polar surface area (TPSA) is 105 Å². The monoisotopic (exact) mass is 364 g/mol. The fourth-order valence-electron chi connectivity index (χ4n) is 2.53. The van der Waals surface area contributed by atoms with Crippen molar-refractivity contribution in [3.05, 3.63) is 35.4 Å². The van der Waals surface area contributed by atoms with Crippen LogP contribution in [0.4, 0.5) is 0 Å². The van der Waals surface area contributed by atoms with Gasteiger partial charge in [0, 0.05) is 25.7 Å². The molecule has 7 nitrogen and oxygen atoms in total. The summed E-state index contributed by atoms with van der Waals surface area (Å²) in [6, 6.07) is 5.21. The zero-order valence-electron chi connectivity index (χ0n) is 15.7. The molecule has 0 aromatic heterocycles. The van der Waals surface area contributed by atoms with Crippen molar-refractivity contribution in [1.82, 2.24) is 10.6 Å². The van der Waals surface area contributed by atoms with E-state index in [9.17, 15) is 19.5 Å². The molecule has 144 valence electrons. The van der Waals surface area contributed by atoms with Crippen molar-refractivity contribution in [2.24, 2.45) is 5.92 Å². The van der Waals surface area contributed by atoms with E-state index in [2.05, 4.69) is 10.6 Å². The predicted octanol–water partition coefficient (Wildman–Crippen LogP) is 1.75. The minimum atomic E-state index is -1.14. The van der Waals surface area contributed by atoms with Crippen LogP contribution in [0.5, 0.6) is 0 Å². The van der Waals surface area contributed by atoms with E-state index in [0.717, 1.165) is 5.56 Å². The van der Waals surface area contributed by atoms with Crippen LogP contribution < -0.4 is 10.6 Å². The number of carboxylic acid groups (broad SMARTS) is 1. The molecule has 0 heterocycles. The molecule has 3 N–H and O–H groups in total. The van der Waals surface area contributed by atoms with Gasteiger partial charge >= 0.3 is 5.97 Å². The van der Waals surface area contributed by atoms with Crippen molar-refractivity contribution in [3.63, 3.8) is 0 Å². The third-order valence-electron chi connectivity index (χ3n) is 3.94. The second-order valence-electron chi connectivity index (χ2n) is 6.65. The standard InChI is InChI=1S/C19H28N2O5/c1-12(2)11-16(18(23)20-15(19(24)25)9-10-26-4)21-17(22)14-8-6-5-7-13(14)3/h5-8,12,15-16H,9-11H2,1-4H3,(H,20,23)(H,21,22)(H,24,25). The lowest BCUT2D eigenvalue weighted by molar-refractivity contribution is -0.142. The number of hydrogen-bond acceptors (Lipinski definition) is 4. The first kappa shape index (κ1) is 21.6. The number of nitrogens with one attached hydrogen (secondary N) is 2. The van der Waals surface area contributed by atoms with Crippen LogP contribution >= 0.6 is 0 Å². The number of rotatable bonds is 10. The number of ether oxygens (including phenoxy) is 1. The van der Waals surface area contributed by atoms with Crippen LogP contribution in [0.25, 0.3) is 0 Å². The molecule has 1 rings (SSSR count). The lowest BCUT2D eigenvalue weighted by atomic mass is 10.0. The van der Waals surface area contributed by atoms with Gasteiger partial charge in [0.1, 0.15) is 12.1 Å². The number of carbonyl (C=O) groups excluding carboxylic acids is 2. The number of aliphatic carboxylic acids is 1. The van der Waals surface area contributed by atoms with Gasteiger partial charge in [-0.15, -0.1) is 0 Å². The first-order valence-corrected chi connectivity index (χ1v) is 8.64. The molecule has 0 saturated heterocycles. The van der Waals surface area contributed by atoms with E-state index < -0.39 is 24.0 Å². The molecular formula is C19H28N2O5. The van der Waals surface area contributed by atoms with E-state index in [1.807, 2.05) is 32.9 Å². The van der Waals surface area contributed by atoms with Crippen molar-refractivity contribution in [3.8, 4) is 0 Å². The van der Waals surface area contributed by atoms with Crippen LogP contribution in [0.1, 0.15) is 42.6 Å². The van der Waals surface area contributed by atoms with Gasteiger partial charge in [-0.25, -0.2) is 4.79 Å². The quantitative estimate of drug-likeness (QED) is 0.587. The summed E-state index contributed by atoms with van der Waals surface area (Å²) in [5.41, 5.74) is 1.29. The molecule has 0 aliphatic rings. The molecule has 7 heteroatoms. The third-order valence-corrected chi connectivity index (χ3v) is 3.94. The number of aryl methyl sites for hydroxylation is 1. The number of benzene rings is 1. The zero-order valence-corrected chi connectivity index (χ0v) is 15.7. The van der Waals surface area contributed by atoms with Gasteiger partial charge in [-0.05, 0) is 30.9 Å². The largest absolute Gasteiger partial charge is 0.480 e. The van der Waals surface area contributed by atoms with Crippen molar-refractivity contribution < 1.29 is 24.2 Å². The lowest BCUT2D eigenvalue weighted by Crippen LogP contribution is -2.52. The number of hydrogen-bond donors (Lipinski definition) is 3. The first-order valence-electron chi connectivity index (χ1n) is 8.64. The SMILES string of the molecule is COCCC(NC(=O)C(CC(C)C)NC(=O)c1ccccc1C)C(=O)O. The van der Waals surface area contributed by atoms with Crippen LogP contribution in [-0.2, 0) is 14.3 Å². The Labute approximate surface area is 154 Å². The minimum Gasteiger partial charge on any atom is -0.480 e. The Morgan fingerprint density at radius 2 is 1.77 bits per heavy atom. The summed E-state index contributed by atoms with van der Waals surface area (Å²) in [5, 5.41) is 14.5. The van der Waals surface area contributed by atoms with Gasteiger partial charge in [-0.1, -0.05) is 32.0 Å². The van der Waals surface area contributed by atoms with Crippen LogP contribution in [0, 0.1) is 12.8 Å². The van der Waals surface area contributed by atoms with Gasteiger partial charge in [-0.2, -0.15) is 0 Å². The van der Waals surface area contributed by atoms with E-state index in [-0.39, 0.29) is 24.9 Å². The highest BCUT2D eigenvalue weighted by Crippen LogP contribution is 2.10. The average Bonchev–Trinajstić information content (AvgIpc) is 2.57. The van der Waals surface area contributed by atoms with E-state index in [1.54, 1.807) is 12.1 Å². The maximum Gasteiger partial charge on any atom is 0.326 e. The first-order chi connectivity index (χ1) is 12.3. The number of amides is 2. The smallest absolute Gasteiger partial charge is 0.326 e. The summed E-state index contributed by atoms with van der Waals surface area (Å²) in [6.45, 7) is 5.89. The summed E-state index contributed by atoms with van der Waals surface area (Å²) in [7, 11) is 1.46. The van der Waals surface area contributed by atoms with Crippen LogP contribution in [-0.4, -0.2) is 48.7 Å². The molecular weight excluding hydrogens is 336 g/mol. The molecule has 2 amide bonds. The number of carboxylic acids is 1. The van der Waals surface area contributed by atoms with Crippen molar-refractivity contribution >= 4 is 17.8 Å². The van der Waals surface area contributed by atoms with Crippen molar-refractivity contribution in [2.45, 2.75) is 45.7 Å². The molecule has 0 fully saturated rings. The number of carbonyl (C=O) groups is 3. The average molecular weight is 364 g/mol. The van der Waals surface area contributed by atoms with E-state index in [1.165, 1.54) is 7.11 Å². The molecule has 0 aliphatic carbocycles. The van der Waals surface area contributed by atoms with Crippen molar-refractivity contribution in [2.75, 3.05) is 13.7 Å². The highest BCUT2D eigenvalue weighted by atomic mass is 16.5. The Balaban J connectivity index is 2.87. The molecule has 0 bridgehead atoms. The highest BCUT2D eigenvalue weighted by molar-refractivity contribution is 5.99.